The van der Waals surface area contributed by atoms with Gasteiger partial charge in [-0.25, -0.2) is 4.98 Å². The number of hydrogen-bond acceptors (Lipinski definition) is 5. The number of hydrogen-bond donors (Lipinski definition) is 2. The molecule has 2 heterocycles. The number of nitrogens with zero attached hydrogens (tertiary/aromatic N) is 3. The van der Waals surface area contributed by atoms with E-state index < -0.39 is 5.60 Å². The molecule has 1 saturated carbocycles. The first-order valence-corrected chi connectivity index (χ1v) is 8.83. The van der Waals surface area contributed by atoms with Crippen LogP contribution in [-0.4, -0.2) is 25.2 Å². The number of fused-ring (bicyclic) bond motifs is 1. The Morgan fingerprint density at radius 2 is 1.65 bits per heavy atom. The first-order chi connectivity index (χ1) is 12.7. The van der Waals surface area contributed by atoms with Gasteiger partial charge in [-0.05, 0) is 37.8 Å². The Hall–Kier alpha value is -2.99. The van der Waals surface area contributed by atoms with Gasteiger partial charge in [0.05, 0.1) is 11.0 Å². The van der Waals surface area contributed by atoms with E-state index in [1.165, 1.54) is 0 Å². The summed E-state index contributed by atoms with van der Waals surface area (Å²) in [5, 5.41) is 14.6. The minimum absolute atomic E-state index is 0.325. The number of aliphatic hydroxyl groups is 1. The molecule has 0 bridgehead atoms. The van der Waals surface area contributed by atoms with Gasteiger partial charge in [0.25, 0.3) is 5.89 Å². The fourth-order valence-corrected chi connectivity index (χ4v) is 3.57. The van der Waals surface area contributed by atoms with Crippen molar-refractivity contribution in [2.45, 2.75) is 31.3 Å². The molecule has 6 heteroatoms. The Balaban J connectivity index is 1.44. The number of benzene rings is 2. The van der Waals surface area contributed by atoms with Crippen LogP contribution in [0.3, 0.4) is 0 Å². The molecular weight excluding hydrogens is 328 g/mol. The summed E-state index contributed by atoms with van der Waals surface area (Å²) < 4.78 is 5.33. The van der Waals surface area contributed by atoms with Crippen LogP contribution in [-0.2, 0) is 5.60 Å². The van der Waals surface area contributed by atoms with E-state index in [4.69, 9.17) is 4.52 Å². The molecule has 1 aliphatic carbocycles. The maximum atomic E-state index is 10.6. The van der Waals surface area contributed by atoms with Crippen LogP contribution in [0.1, 0.15) is 31.6 Å². The van der Waals surface area contributed by atoms with Gasteiger partial charge in [0.2, 0.25) is 5.82 Å². The number of H-pyrrole nitrogens is 1. The lowest BCUT2D eigenvalue weighted by atomic mass is 10.0. The Morgan fingerprint density at radius 3 is 2.42 bits per heavy atom. The largest absolute Gasteiger partial charge is 0.380 e. The van der Waals surface area contributed by atoms with E-state index in [0.29, 0.717) is 24.6 Å². The van der Waals surface area contributed by atoms with Crippen LogP contribution in [0.25, 0.3) is 33.8 Å². The lowest BCUT2D eigenvalue weighted by Gasteiger charge is -2.15. The minimum atomic E-state index is -0.959. The number of rotatable bonds is 3. The second-order valence-electron chi connectivity index (χ2n) is 6.84. The van der Waals surface area contributed by atoms with Gasteiger partial charge in [-0.2, -0.15) is 4.98 Å². The smallest absolute Gasteiger partial charge is 0.258 e. The minimum Gasteiger partial charge on any atom is -0.380 e. The summed E-state index contributed by atoms with van der Waals surface area (Å²) in [6, 6.07) is 15.8. The summed E-state index contributed by atoms with van der Waals surface area (Å²) in [5.41, 5.74) is 2.84. The van der Waals surface area contributed by atoms with Crippen molar-refractivity contribution in [1.29, 1.82) is 0 Å². The van der Waals surface area contributed by atoms with Crippen molar-refractivity contribution in [3.8, 4) is 22.8 Å². The lowest BCUT2D eigenvalue weighted by molar-refractivity contribution is 0.0112. The molecule has 6 nitrogen and oxygen atoms in total. The van der Waals surface area contributed by atoms with Crippen molar-refractivity contribution >= 4 is 11.0 Å². The van der Waals surface area contributed by atoms with Gasteiger partial charge < -0.3 is 14.6 Å². The molecule has 0 atom stereocenters. The van der Waals surface area contributed by atoms with E-state index in [1.807, 2.05) is 48.5 Å². The average molecular weight is 346 g/mol. The van der Waals surface area contributed by atoms with Gasteiger partial charge in [0.15, 0.2) is 0 Å². The highest BCUT2D eigenvalue weighted by atomic mass is 16.5. The highest BCUT2D eigenvalue weighted by Crippen LogP contribution is 2.38. The van der Waals surface area contributed by atoms with E-state index in [9.17, 15) is 5.11 Å². The topological polar surface area (TPSA) is 87.8 Å². The highest BCUT2D eigenvalue weighted by molar-refractivity contribution is 5.79. The van der Waals surface area contributed by atoms with Crippen molar-refractivity contribution in [3.05, 3.63) is 54.4 Å². The first-order valence-electron chi connectivity index (χ1n) is 8.83. The number of nitrogens with one attached hydrogen (secondary N) is 1. The molecule has 1 fully saturated rings. The van der Waals surface area contributed by atoms with Crippen molar-refractivity contribution in [2.75, 3.05) is 0 Å². The van der Waals surface area contributed by atoms with Crippen LogP contribution in [0.15, 0.2) is 53.1 Å². The Morgan fingerprint density at radius 1 is 0.923 bits per heavy atom. The summed E-state index contributed by atoms with van der Waals surface area (Å²) >= 11 is 0. The Labute approximate surface area is 149 Å². The molecule has 0 radical (unpaired) electrons. The predicted octanol–water partition coefficient (Wildman–Crippen LogP) is 4.04. The monoisotopic (exact) mass is 346 g/mol. The van der Waals surface area contributed by atoms with Gasteiger partial charge >= 0.3 is 0 Å². The molecule has 130 valence electrons. The van der Waals surface area contributed by atoms with Crippen molar-refractivity contribution in [1.82, 2.24) is 20.1 Å². The first kappa shape index (κ1) is 15.3. The van der Waals surface area contributed by atoms with Crippen LogP contribution in [0.4, 0.5) is 0 Å². The molecule has 2 N–H and O–H groups in total. The Bertz CT molecular complexity index is 1030. The third-order valence-electron chi connectivity index (χ3n) is 5.06. The third-order valence-corrected chi connectivity index (χ3v) is 5.06. The molecule has 1 aliphatic rings. The SMILES string of the molecule is OC1(c2nc(-c3ccc(-c4nc5ccccc5[nH]4)cc3)no2)CCCC1. The number of aromatic nitrogens is 4. The van der Waals surface area contributed by atoms with Crippen molar-refractivity contribution in [2.24, 2.45) is 0 Å². The normalized spacial score (nSPS) is 16.3. The van der Waals surface area contributed by atoms with Gasteiger partial charge in [-0.15, -0.1) is 0 Å². The van der Waals surface area contributed by atoms with E-state index >= 15 is 0 Å². The fourth-order valence-electron chi connectivity index (χ4n) is 3.57. The number of aromatic amines is 1. The summed E-state index contributed by atoms with van der Waals surface area (Å²) in [6.07, 6.45) is 3.33. The van der Waals surface area contributed by atoms with Crippen LogP contribution in [0.5, 0.6) is 0 Å². The van der Waals surface area contributed by atoms with Gasteiger partial charge in [0.1, 0.15) is 11.4 Å². The standard InChI is InChI=1S/C20H18N4O2/c25-20(11-3-4-12-20)19-23-18(24-26-19)14-9-7-13(8-10-14)17-21-15-5-1-2-6-16(15)22-17/h1-2,5-10,25H,3-4,11-12H2,(H,21,22). The van der Waals surface area contributed by atoms with E-state index in [1.54, 1.807) is 0 Å². The second-order valence-corrected chi connectivity index (χ2v) is 6.84. The summed E-state index contributed by atoms with van der Waals surface area (Å²) in [6.45, 7) is 0. The maximum Gasteiger partial charge on any atom is 0.258 e. The molecule has 4 aromatic rings. The van der Waals surface area contributed by atoms with Crippen LogP contribution in [0, 0.1) is 0 Å². The molecule has 0 amide bonds. The molecule has 5 rings (SSSR count). The Kier molecular flexibility index (Phi) is 3.39. The van der Waals surface area contributed by atoms with Gasteiger partial charge in [-0.3, -0.25) is 0 Å². The average Bonchev–Trinajstić information content (AvgIpc) is 3.41. The van der Waals surface area contributed by atoms with Gasteiger partial charge in [0, 0.05) is 11.1 Å². The van der Waals surface area contributed by atoms with Gasteiger partial charge in [-0.1, -0.05) is 41.6 Å². The molecular formula is C20H18N4O2. The molecule has 2 aromatic carbocycles. The fraction of sp³-hybridized carbons (Fsp3) is 0.250. The van der Waals surface area contributed by atoms with Crippen LogP contribution >= 0.6 is 0 Å². The van der Waals surface area contributed by atoms with Crippen molar-refractivity contribution < 1.29 is 9.63 Å². The van der Waals surface area contributed by atoms with Crippen molar-refractivity contribution in [3.63, 3.8) is 0 Å². The maximum absolute atomic E-state index is 10.6. The summed E-state index contributed by atoms with van der Waals surface area (Å²) in [7, 11) is 0. The second kappa shape index (κ2) is 5.78. The van der Waals surface area contributed by atoms with Crippen LogP contribution < -0.4 is 0 Å². The molecule has 26 heavy (non-hydrogen) atoms. The predicted molar refractivity (Wildman–Crippen MR) is 97.2 cm³/mol. The van der Waals surface area contributed by atoms with E-state index in [0.717, 1.165) is 40.8 Å². The highest BCUT2D eigenvalue weighted by Gasteiger charge is 2.38. The van der Waals surface area contributed by atoms with E-state index in [2.05, 4.69) is 20.1 Å². The third kappa shape index (κ3) is 2.50. The molecule has 2 aromatic heterocycles. The number of imidazole rings is 1. The zero-order valence-electron chi connectivity index (χ0n) is 14.1. The number of para-hydroxylation sites is 2. The van der Waals surface area contributed by atoms with Crippen LogP contribution in [0.2, 0.25) is 0 Å². The molecule has 0 aliphatic heterocycles. The zero-order chi connectivity index (χ0) is 17.6. The summed E-state index contributed by atoms with van der Waals surface area (Å²) in [5.74, 6) is 1.65. The quantitative estimate of drug-likeness (QED) is 0.584. The lowest BCUT2D eigenvalue weighted by Crippen LogP contribution is -2.21. The molecule has 0 spiro atoms. The van der Waals surface area contributed by atoms with E-state index in [-0.39, 0.29) is 0 Å². The molecule has 0 unspecified atom stereocenters. The molecule has 0 saturated heterocycles. The zero-order valence-corrected chi connectivity index (χ0v) is 14.1. The summed E-state index contributed by atoms with van der Waals surface area (Å²) in [4.78, 5) is 12.4.